The third-order valence-corrected chi connectivity index (χ3v) is 2.53. The monoisotopic (exact) mass is 240 g/mol. The van der Waals surface area contributed by atoms with E-state index in [0.717, 1.165) is 6.42 Å². The normalized spacial score (nSPS) is 16.5. The van der Waals surface area contributed by atoms with Crippen LogP contribution < -0.4 is 4.74 Å². The van der Waals surface area contributed by atoms with Gasteiger partial charge < -0.3 is 14.6 Å². The molecule has 1 aromatic rings. The van der Waals surface area contributed by atoms with E-state index in [0.29, 0.717) is 23.1 Å². The SMILES string of the molecule is OC(COc1ccc(Cl)cc1)C1=CCCO1. The molecule has 0 fully saturated rings. The molecule has 0 amide bonds. The van der Waals surface area contributed by atoms with Crippen molar-refractivity contribution in [1.29, 1.82) is 0 Å². The molecule has 1 atom stereocenters. The summed E-state index contributed by atoms with van der Waals surface area (Å²) < 4.78 is 10.6. The quantitative estimate of drug-likeness (QED) is 0.878. The van der Waals surface area contributed by atoms with Gasteiger partial charge in [-0.2, -0.15) is 0 Å². The first-order chi connectivity index (χ1) is 7.75. The first-order valence-corrected chi connectivity index (χ1v) is 5.53. The topological polar surface area (TPSA) is 38.7 Å². The van der Waals surface area contributed by atoms with Crippen molar-refractivity contribution in [2.45, 2.75) is 12.5 Å². The van der Waals surface area contributed by atoms with E-state index < -0.39 is 6.10 Å². The van der Waals surface area contributed by atoms with Crippen LogP contribution in [-0.2, 0) is 4.74 Å². The Morgan fingerprint density at radius 2 is 2.12 bits per heavy atom. The van der Waals surface area contributed by atoms with Crippen molar-refractivity contribution in [1.82, 2.24) is 0 Å². The molecule has 1 aliphatic rings. The molecule has 1 heterocycles. The molecule has 3 nitrogen and oxygen atoms in total. The number of benzene rings is 1. The maximum absolute atomic E-state index is 9.72. The van der Waals surface area contributed by atoms with Gasteiger partial charge >= 0.3 is 0 Å². The summed E-state index contributed by atoms with van der Waals surface area (Å²) in [6.45, 7) is 0.834. The van der Waals surface area contributed by atoms with Gasteiger partial charge in [-0.05, 0) is 30.3 Å². The third-order valence-electron chi connectivity index (χ3n) is 2.28. The van der Waals surface area contributed by atoms with E-state index in [9.17, 15) is 5.11 Å². The summed E-state index contributed by atoms with van der Waals surface area (Å²) >= 11 is 5.74. The van der Waals surface area contributed by atoms with Crippen molar-refractivity contribution in [2.24, 2.45) is 0 Å². The molecule has 1 aromatic carbocycles. The predicted octanol–water partition coefficient (Wildman–Crippen LogP) is 2.38. The molecular weight excluding hydrogens is 228 g/mol. The molecule has 0 radical (unpaired) electrons. The number of aliphatic hydroxyl groups excluding tert-OH is 1. The standard InChI is InChI=1S/C12H13ClO3/c13-9-3-5-10(6-4-9)16-8-11(14)12-2-1-7-15-12/h2-6,11,14H,1,7-8H2. The molecule has 4 heteroatoms. The summed E-state index contributed by atoms with van der Waals surface area (Å²) in [5.41, 5.74) is 0. The Morgan fingerprint density at radius 3 is 2.75 bits per heavy atom. The van der Waals surface area contributed by atoms with Crippen molar-refractivity contribution < 1.29 is 14.6 Å². The molecule has 1 aliphatic heterocycles. The number of rotatable bonds is 4. The summed E-state index contributed by atoms with van der Waals surface area (Å²) in [6.07, 6.45) is 2.04. The van der Waals surface area contributed by atoms with E-state index in [1.54, 1.807) is 24.3 Å². The predicted molar refractivity (Wildman–Crippen MR) is 61.6 cm³/mol. The third kappa shape index (κ3) is 2.90. The van der Waals surface area contributed by atoms with Crippen molar-refractivity contribution >= 4 is 11.6 Å². The van der Waals surface area contributed by atoms with Crippen LogP contribution in [0.1, 0.15) is 6.42 Å². The van der Waals surface area contributed by atoms with Crippen LogP contribution in [0.15, 0.2) is 36.1 Å². The van der Waals surface area contributed by atoms with Crippen LogP contribution in [-0.4, -0.2) is 24.4 Å². The Kier molecular flexibility index (Phi) is 3.70. The van der Waals surface area contributed by atoms with Crippen molar-refractivity contribution in [3.05, 3.63) is 41.1 Å². The first-order valence-electron chi connectivity index (χ1n) is 5.15. The van der Waals surface area contributed by atoms with Crippen LogP contribution in [0.2, 0.25) is 5.02 Å². The number of ether oxygens (including phenoxy) is 2. The van der Waals surface area contributed by atoms with Crippen molar-refractivity contribution in [2.75, 3.05) is 13.2 Å². The van der Waals surface area contributed by atoms with E-state index >= 15 is 0 Å². The summed E-state index contributed by atoms with van der Waals surface area (Å²) in [5.74, 6) is 1.29. The van der Waals surface area contributed by atoms with Crippen LogP contribution >= 0.6 is 11.6 Å². The van der Waals surface area contributed by atoms with Crippen LogP contribution in [0.25, 0.3) is 0 Å². The van der Waals surface area contributed by atoms with E-state index in [4.69, 9.17) is 21.1 Å². The fourth-order valence-electron chi connectivity index (χ4n) is 1.46. The number of hydrogen-bond donors (Lipinski definition) is 1. The van der Waals surface area contributed by atoms with Crippen LogP contribution in [0.3, 0.4) is 0 Å². The molecule has 0 spiro atoms. The highest BCUT2D eigenvalue weighted by atomic mass is 35.5. The molecule has 86 valence electrons. The number of hydrogen-bond acceptors (Lipinski definition) is 3. The van der Waals surface area contributed by atoms with Gasteiger partial charge in [0, 0.05) is 11.4 Å². The Labute approximate surface area is 99.3 Å². The zero-order valence-corrected chi connectivity index (χ0v) is 9.48. The highest BCUT2D eigenvalue weighted by Gasteiger charge is 2.16. The average molecular weight is 241 g/mol. The van der Waals surface area contributed by atoms with Gasteiger partial charge in [0.05, 0.1) is 6.61 Å². The largest absolute Gasteiger partial charge is 0.495 e. The Hall–Kier alpha value is -1.19. The van der Waals surface area contributed by atoms with E-state index in [2.05, 4.69) is 0 Å². The van der Waals surface area contributed by atoms with Crippen LogP contribution in [0, 0.1) is 0 Å². The fourth-order valence-corrected chi connectivity index (χ4v) is 1.58. The van der Waals surface area contributed by atoms with Gasteiger partial charge in [0.1, 0.15) is 24.2 Å². The lowest BCUT2D eigenvalue weighted by atomic mass is 10.3. The number of aliphatic hydroxyl groups is 1. The summed E-state index contributed by atoms with van der Waals surface area (Å²) in [4.78, 5) is 0. The smallest absolute Gasteiger partial charge is 0.144 e. The molecule has 16 heavy (non-hydrogen) atoms. The number of halogens is 1. The second kappa shape index (κ2) is 5.23. The van der Waals surface area contributed by atoms with E-state index in [1.165, 1.54) is 0 Å². The van der Waals surface area contributed by atoms with Gasteiger partial charge in [0.2, 0.25) is 0 Å². The molecule has 1 unspecified atom stereocenters. The Bertz CT molecular complexity index is 372. The zero-order chi connectivity index (χ0) is 11.4. The molecule has 0 bridgehead atoms. The van der Waals surface area contributed by atoms with E-state index in [-0.39, 0.29) is 6.61 Å². The lowest BCUT2D eigenvalue weighted by Crippen LogP contribution is -2.20. The maximum atomic E-state index is 9.72. The molecule has 2 rings (SSSR count). The molecule has 0 aromatic heterocycles. The van der Waals surface area contributed by atoms with Crippen LogP contribution in [0.4, 0.5) is 0 Å². The minimum atomic E-state index is -0.696. The van der Waals surface area contributed by atoms with Crippen LogP contribution in [0.5, 0.6) is 5.75 Å². The highest BCUT2D eigenvalue weighted by molar-refractivity contribution is 6.30. The second-order valence-electron chi connectivity index (χ2n) is 3.52. The lowest BCUT2D eigenvalue weighted by Gasteiger charge is -2.13. The average Bonchev–Trinajstić information content (AvgIpc) is 2.81. The Balaban J connectivity index is 1.84. The lowest BCUT2D eigenvalue weighted by molar-refractivity contribution is 0.0776. The van der Waals surface area contributed by atoms with Crippen molar-refractivity contribution in [3.8, 4) is 5.75 Å². The molecule has 0 saturated carbocycles. The fraction of sp³-hybridized carbons (Fsp3) is 0.333. The minimum Gasteiger partial charge on any atom is -0.495 e. The molecule has 1 N–H and O–H groups in total. The van der Waals surface area contributed by atoms with Gasteiger partial charge in [0.25, 0.3) is 0 Å². The maximum Gasteiger partial charge on any atom is 0.144 e. The molecular formula is C12H13ClO3. The van der Waals surface area contributed by atoms with Gasteiger partial charge in [-0.15, -0.1) is 0 Å². The zero-order valence-electron chi connectivity index (χ0n) is 8.73. The van der Waals surface area contributed by atoms with E-state index in [1.807, 2.05) is 6.08 Å². The van der Waals surface area contributed by atoms with Gasteiger partial charge in [-0.1, -0.05) is 11.6 Å². The second-order valence-corrected chi connectivity index (χ2v) is 3.96. The van der Waals surface area contributed by atoms with Gasteiger partial charge in [-0.3, -0.25) is 0 Å². The summed E-state index contributed by atoms with van der Waals surface area (Å²) in [7, 11) is 0. The summed E-state index contributed by atoms with van der Waals surface area (Å²) in [6, 6.07) is 7.01. The highest BCUT2D eigenvalue weighted by Crippen LogP contribution is 2.18. The first kappa shape index (κ1) is 11.3. The molecule has 0 aliphatic carbocycles. The molecule has 0 saturated heterocycles. The Morgan fingerprint density at radius 1 is 1.38 bits per heavy atom. The summed E-state index contributed by atoms with van der Waals surface area (Å²) in [5, 5.41) is 10.4. The van der Waals surface area contributed by atoms with Gasteiger partial charge in [-0.25, -0.2) is 0 Å². The minimum absolute atomic E-state index is 0.188. The van der Waals surface area contributed by atoms with Gasteiger partial charge in [0.15, 0.2) is 0 Å². The van der Waals surface area contributed by atoms with Crippen molar-refractivity contribution in [3.63, 3.8) is 0 Å².